The molecule has 1 aliphatic rings. The molecule has 0 unspecified atom stereocenters. The van der Waals surface area contributed by atoms with Gasteiger partial charge in [0.2, 0.25) is 0 Å². The third kappa shape index (κ3) is 7.31. The predicted molar refractivity (Wildman–Crippen MR) is 124 cm³/mol. The summed E-state index contributed by atoms with van der Waals surface area (Å²) in [6, 6.07) is 16.6. The van der Waals surface area contributed by atoms with Crippen molar-refractivity contribution in [2.24, 2.45) is 10.9 Å². The monoisotopic (exact) mass is 495 g/mol. The van der Waals surface area contributed by atoms with Gasteiger partial charge in [0.05, 0.1) is 13.2 Å². The van der Waals surface area contributed by atoms with Crippen LogP contribution in [0.3, 0.4) is 0 Å². The third-order valence-electron chi connectivity index (χ3n) is 4.61. The third-order valence-corrected chi connectivity index (χ3v) is 4.61. The Morgan fingerprint density at radius 3 is 2.36 bits per heavy atom. The lowest BCUT2D eigenvalue weighted by Crippen LogP contribution is -2.36. The Balaban J connectivity index is 0.00000280. The molecule has 1 fully saturated rings. The molecular weight excluding hydrogens is 465 g/mol. The summed E-state index contributed by atoms with van der Waals surface area (Å²) in [6.07, 6.45) is 2.59. The highest BCUT2D eigenvalue weighted by Crippen LogP contribution is 2.30. The molecule has 0 bridgehead atoms. The smallest absolute Gasteiger partial charge is 0.191 e. The molecule has 5 nitrogen and oxygen atoms in total. The Morgan fingerprint density at radius 2 is 1.68 bits per heavy atom. The van der Waals surface area contributed by atoms with Crippen molar-refractivity contribution >= 4 is 29.9 Å². The zero-order valence-electron chi connectivity index (χ0n) is 16.6. The van der Waals surface area contributed by atoms with E-state index in [1.807, 2.05) is 18.2 Å². The fourth-order valence-corrected chi connectivity index (χ4v) is 2.79. The van der Waals surface area contributed by atoms with Gasteiger partial charge in [-0.3, -0.25) is 4.99 Å². The Bertz CT molecular complexity index is 746. The van der Waals surface area contributed by atoms with E-state index in [9.17, 15) is 0 Å². The van der Waals surface area contributed by atoms with Crippen LogP contribution in [-0.2, 0) is 24.4 Å². The molecule has 152 valence electrons. The largest absolute Gasteiger partial charge is 0.493 e. The van der Waals surface area contributed by atoms with E-state index in [1.54, 1.807) is 14.2 Å². The van der Waals surface area contributed by atoms with Gasteiger partial charge in [0.15, 0.2) is 5.96 Å². The molecule has 0 aliphatic heterocycles. The summed E-state index contributed by atoms with van der Waals surface area (Å²) in [4.78, 5) is 4.31. The maximum Gasteiger partial charge on any atom is 0.191 e. The van der Waals surface area contributed by atoms with E-state index < -0.39 is 0 Å². The Kier molecular flexibility index (Phi) is 9.57. The van der Waals surface area contributed by atoms with Crippen molar-refractivity contribution in [2.45, 2.75) is 32.5 Å². The van der Waals surface area contributed by atoms with Crippen LogP contribution in [0.25, 0.3) is 0 Å². The van der Waals surface area contributed by atoms with Gasteiger partial charge in [0.25, 0.3) is 0 Å². The maximum atomic E-state index is 5.98. The SMILES string of the molecule is CN=C(NCc1ccc(COC)cc1)NCc1ccccc1OCC1CC1.I. The van der Waals surface area contributed by atoms with Gasteiger partial charge in [0, 0.05) is 32.8 Å². The Labute approximate surface area is 184 Å². The highest BCUT2D eigenvalue weighted by Gasteiger charge is 2.22. The van der Waals surface area contributed by atoms with Crippen molar-refractivity contribution in [1.82, 2.24) is 10.6 Å². The van der Waals surface area contributed by atoms with Crippen molar-refractivity contribution in [3.63, 3.8) is 0 Å². The molecule has 3 rings (SSSR count). The molecular formula is C22H30IN3O2. The minimum Gasteiger partial charge on any atom is -0.493 e. The number of methoxy groups -OCH3 is 1. The lowest BCUT2D eigenvalue weighted by molar-refractivity contribution is 0.185. The van der Waals surface area contributed by atoms with Crippen molar-refractivity contribution in [3.8, 4) is 5.75 Å². The summed E-state index contributed by atoms with van der Waals surface area (Å²) >= 11 is 0. The summed E-state index contributed by atoms with van der Waals surface area (Å²) in [5, 5.41) is 6.72. The first kappa shape index (κ1) is 22.5. The van der Waals surface area contributed by atoms with Gasteiger partial charge < -0.3 is 20.1 Å². The van der Waals surface area contributed by atoms with Crippen LogP contribution in [0.15, 0.2) is 53.5 Å². The van der Waals surface area contributed by atoms with E-state index in [0.29, 0.717) is 19.7 Å². The molecule has 2 N–H and O–H groups in total. The molecule has 0 radical (unpaired) electrons. The summed E-state index contributed by atoms with van der Waals surface area (Å²) in [6.45, 7) is 2.85. The second kappa shape index (κ2) is 11.9. The number of nitrogens with zero attached hydrogens (tertiary/aromatic N) is 1. The maximum absolute atomic E-state index is 5.98. The number of benzene rings is 2. The lowest BCUT2D eigenvalue weighted by Gasteiger charge is -2.15. The number of rotatable bonds is 9. The normalized spacial score (nSPS) is 13.6. The summed E-state index contributed by atoms with van der Waals surface area (Å²) in [5.74, 6) is 2.48. The second-order valence-corrected chi connectivity index (χ2v) is 6.89. The summed E-state index contributed by atoms with van der Waals surface area (Å²) in [7, 11) is 3.49. The molecule has 0 atom stereocenters. The number of para-hydroxylation sites is 1. The molecule has 0 saturated heterocycles. The zero-order valence-corrected chi connectivity index (χ0v) is 18.9. The molecule has 0 heterocycles. The van der Waals surface area contributed by atoms with E-state index >= 15 is 0 Å². The van der Waals surface area contributed by atoms with Crippen LogP contribution in [0.2, 0.25) is 0 Å². The van der Waals surface area contributed by atoms with E-state index in [0.717, 1.165) is 29.8 Å². The van der Waals surface area contributed by atoms with Crippen LogP contribution in [0.5, 0.6) is 5.75 Å². The van der Waals surface area contributed by atoms with E-state index in [4.69, 9.17) is 9.47 Å². The zero-order chi connectivity index (χ0) is 18.9. The minimum atomic E-state index is 0. The average Bonchev–Trinajstić information content (AvgIpc) is 3.53. The highest BCUT2D eigenvalue weighted by molar-refractivity contribution is 14.0. The fourth-order valence-electron chi connectivity index (χ4n) is 2.79. The first-order chi connectivity index (χ1) is 13.3. The first-order valence-corrected chi connectivity index (χ1v) is 9.50. The first-order valence-electron chi connectivity index (χ1n) is 9.50. The number of aliphatic imine (C=N–C) groups is 1. The van der Waals surface area contributed by atoms with Gasteiger partial charge >= 0.3 is 0 Å². The molecule has 6 heteroatoms. The standard InChI is InChI=1S/C22H29N3O2.HI/c1-23-22(24-13-17-7-9-18(10-8-17)15-26-2)25-14-20-5-3-4-6-21(20)27-16-19-11-12-19;/h3-10,19H,11-16H2,1-2H3,(H2,23,24,25);1H. The molecule has 0 aromatic heterocycles. The molecule has 0 spiro atoms. The molecule has 2 aromatic carbocycles. The number of hydrogen-bond acceptors (Lipinski definition) is 3. The van der Waals surface area contributed by atoms with Crippen molar-refractivity contribution in [3.05, 3.63) is 65.2 Å². The Morgan fingerprint density at radius 1 is 1.00 bits per heavy atom. The van der Waals surface area contributed by atoms with E-state index in [-0.39, 0.29) is 24.0 Å². The van der Waals surface area contributed by atoms with Gasteiger partial charge in [-0.25, -0.2) is 0 Å². The molecule has 0 amide bonds. The molecule has 1 saturated carbocycles. The number of nitrogens with one attached hydrogen (secondary N) is 2. The highest BCUT2D eigenvalue weighted by atomic mass is 127. The number of guanidine groups is 1. The average molecular weight is 495 g/mol. The van der Waals surface area contributed by atoms with Crippen LogP contribution in [-0.4, -0.2) is 26.7 Å². The van der Waals surface area contributed by atoms with Crippen LogP contribution in [0.1, 0.15) is 29.5 Å². The van der Waals surface area contributed by atoms with Crippen molar-refractivity contribution in [2.75, 3.05) is 20.8 Å². The van der Waals surface area contributed by atoms with Gasteiger partial charge in [-0.1, -0.05) is 42.5 Å². The molecule has 2 aromatic rings. The van der Waals surface area contributed by atoms with Crippen LogP contribution in [0, 0.1) is 5.92 Å². The predicted octanol–water partition coefficient (Wildman–Crippen LogP) is 4.11. The number of hydrogen-bond donors (Lipinski definition) is 2. The van der Waals surface area contributed by atoms with Crippen molar-refractivity contribution < 1.29 is 9.47 Å². The van der Waals surface area contributed by atoms with E-state index in [1.165, 1.54) is 24.0 Å². The van der Waals surface area contributed by atoms with Crippen LogP contribution >= 0.6 is 24.0 Å². The topological polar surface area (TPSA) is 54.9 Å². The fraction of sp³-hybridized carbons (Fsp3) is 0.409. The van der Waals surface area contributed by atoms with Gasteiger partial charge in [-0.2, -0.15) is 0 Å². The number of halogens is 1. The van der Waals surface area contributed by atoms with Gasteiger partial charge in [0.1, 0.15) is 5.75 Å². The van der Waals surface area contributed by atoms with Crippen LogP contribution < -0.4 is 15.4 Å². The quantitative estimate of drug-likeness (QED) is 0.313. The lowest BCUT2D eigenvalue weighted by atomic mass is 10.1. The van der Waals surface area contributed by atoms with Gasteiger partial charge in [-0.15, -0.1) is 24.0 Å². The number of ether oxygens (including phenoxy) is 2. The minimum absolute atomic E-state index is 0. The van der Waals surface area contributed by atoms with Crippen LogP contribution in [0.4, 0.5) is 0 Å². The van der Waals surface area contributed by atoms with E-state index in [2.05, 4.69) is 46.0 Å². The second-order valence-electron chi connectivity index (χ2n) is 6.89. The Hall–Kier alpha value is -1.80. The molecule has 28 heavy (non-hydrogen) atoms. The summed E-state index contributed by atoms with van der Waals surface area (Å²) < 4.78 is 11.1. The van der Waals surface area contributed by atoms with Crippen molar-refractivity contribution in [1.29, 1.82) is 0 Å². The summed E-state index contributed by atoms with van der Waals surface area (Å²) in [5.41, 5.74) is 3.52. The molecule has 1 aliphatic carbocycles. The van der Waals surface area contributed by atoms with Gasteiger partial charge in [-0.05, 0) is 36.0 Å².